The van der Waals surface area contributed by atoms with Crippen molar-refractivity contribution >= 4 is 17.4 Å². The van der Waals surface area contributed by atoms with Crippen LogP contribution in [0.5, 0.6) is 6.01 Å². The van der Waals surface area contributed by atoms with Gasteiger partial charge in [-0.2, -0.15) is 9.97 Å². The Balaban J connectivity index is 1.37. The van der Waals surface area contributed by atoms with Gasteiger partial charge in [-0.3, -0.25) is 4.79 Å². The summed E-state index contributed by atoms with van der Waals surface area (Å²) in [5, 5.41) is 0. The van der Waals surface area contributed by atoms with Crippen molar-refractivity contribution in [3.05, 3.63) is 52.7 Å². The Hall–Kier alpha value is -3.17. The van der Waals surface area contributed by atoms with Crippen molar-refractivity contribution in [3.63, 3.8) is 0 Å². The minimum atomic E-state index is 0.0327. The molecule has 0 bridgehead atoms. The first-order chi connectivity index (χ1) is 18.9. The summed E-state index contributed by atoms with van der Waals surface area (Å²) in [5.74, 6) is 1.00. The van der Waals surface area contributed by atoms with Crippen molar-refractivity contribution in [2.75, 3.05) is 76.4 Å². The molecule has 2 aromatic rings. The second kappa shape index (κ2) is 12.3. The number of fused-ring (bicyclic) bond motifs is 1. The molecule has 39 heavy (non-hydrogen) atoms. The fourth-order valence-corrected chi connectivity index (χ4v) is 5.85. The molecule has 2 fully saturated rings. The maximum atomic E-state index is 12.6. The summed E-state index contributed by atoms with van der Waals surface area (Å²) in [6.45, 7) is 11.0. The molecule has 0 aliphatic carbocycles. The fraction of sp³-hybridized carbons (Fsp3) is 0.567. The number of rotatable bonds is 8. The van der Waals surface area contributed by atoms with Crippen molar-refractivity contribution in [1.29, 1.82) is 0 Å². The van der Waals surface area contributed by atoms with Crippen molar-refractivity contribution in [2.24, 2.45) is 0 Å². The van der Waals surface area contributed by atoms with Gasteiger partial charge in [-0.25, -0.2) is 0 Å². The van der Waals surface area contributed by atoms with Gasteiger partial charge in [0.25, 0.3) is 0 Å². The van der Waals surface area contributed by atoms with Gasteiger partial charge < -0.3 is 29.1 Å². The summed E-state index contributed by atoms with van der Waals surface area (Å²) in [6, 6.07) is 7.38. The van der Waals surface area contributed by atoms with Gasteiger partial charge in [0.1, 0.15) is 12.4 Å². The van der Waals surface area contributed by atoms with E-state index in [1.165, 1.54) is 28.8 Å². The Kier molecular flexibility index (Phi) is 8.67. The molecule has 0 saturated carbocycles. The Morgan fingerprint density at radius 1 is 1.08 bits per heavy atom. The van der Waals surface area contributed by atoms with Crippen molar-refractivity contribution in [2.45, 2.75) is 45.7 Å². The predicted molar refractivity (Wildman–Crippen MR) is 154 cm³/mol. The number of ether oxygens (including phenoxy) is 2. The number of benzene rings is 1. The van der Waals surface area contributed by atoms with E-state index in [9.17, 15) is 4.79 Å². The smallest absolute Gasteiger partial charge is 0.318 e. The zero-order chi connectivity index (χ0) is 27.4. The average Bonchev–Trinajstić information content (AvgIpc) is 3.37. The van der Waals surface area contributed by atoms with E-state index >= 15 is 0 Å². The van der Waals surface area contributed by atoms with Crippen LogP contribution in [0.25, 0.3) is 0 Å². The molecule has 9 nitrogen and oxygen atoms in total. The van der Waals surface area contributed by atoms with Crippen molar-refractivity contribution < 1.29 is 14.3 Å². The lowest BCUT2D eigenvalue weighted by Crippen LogP contribution is -2.49. The molecule has 1 aromatic carbocycles. The number of likely N-dealkylation sites (tertiary alicyclic amines) is 1. The SMILES string of the molecule is COC/C=C/C(=O)N1CCN(c2nc(OC[C@@H]3CCCN3C)nc3c2CCN(c2cccc(C)c2C)C3)CC1. The highest BCUT2D eigenvalue weighted by Gasteiger charge is 2.29. The Morgan fingerprint density at radius 2 is 1.90 bits per heavy atom. The quantitative estimate of drug-likeness (QED) is 0.479. The van der Waals surface area contributed by atoms with Gasteiger partial charge in [0, 0.05) is 63.2 Å². The minimum absolute atomic E-state index is 0.0327. The first-order valence-corrected chi connectivity index (χ1v) is 14.2. The summed E-state index contributed by atoms with van der Waals surface area (Å²) < 4.78 is 11.3. The maximum absolute atomic E-state index is 12.6. The summed E-state index contributed by atoms with van der Waals surface area (Å²) in [4.78, 5) is 31.5. The van der Waals surface area contributed by atoms with E-state index < -0.39 is 0 Å². The third kappa shape index (κ3) is 6.20. The number of aromatic nitrogens is 2. The minimum Gasteiger partial charge on any atom is -0.462 e. The van der Waals surface area contributed by atoms with Crippen LogP contribution < -0.4 is 14.5 Å². The van der Waals surface area contributed by atoms with E-state index in [-0.39, 0.29) is 5.91 Å². The monoisotopic (exact) mass is 534 g/mol. The number of anilines is 2. The lowest BCUT2D eigenvalue weighted by Gasteiger charge is -2.38. The number of piperazine rings is 1. The third-order valence-corrected chi connectivity index (χ3v) is 8.43. The number of nitrogens with zero attached hydrogens (tertiary/aromatic N) is 6. The molecule has 210 valence electrons. The molecule has 0 radical (unpaired) electrons. The van der Waals surface area contributed by atoms with Crippen LogP contribution >= 0.6 is 0 Å². The van der Waals surface area contributed by atoms with Crippen LogP contribution in [0.15, 0.2) is 30.4 Å². The predicted octanol–water partition coefficient (Wildman–Crippen LogP) is 2.98. The zero-order valence-electron chi connectivity index (χ0n) is 23.9. The number of methoxy groups -OCH3 is 1. The second-order valence-corrected chi connectivity index (χ2v) is 10.9. The van der Waals surface area contributed by atoms with E-state index in [0.717, 1.165) is 57.1 Å². The molecule has 3 aliphatic heterocycles. The van der Waals surface area contributed by atoms with Crippen LogP contribution in [0.1, 0.15) is 35.2 Å². The first kappa shape index (κ1) is 27.4. The second-order valence-electron chi connectivity index (χ2n) is 10.9. The lowest BCUT2D eigenvalue weighted by molar-refractivity contribution is -0.126. The number of amides is 1. The number of likely N-dealkylation sites (N-methyl/N-ethyl adjacent to an activating group) is 1. The van der Waals surface area contributed by atoms with Gasteiger partial charge in [-0.1, -0.05) is 18.2 Å². The van der Waals surface area contributed by atoms with E-state index in [1.807, 2.05) is 4.90 Å². The van der Waals surface area contributed by atoms with Crippen LogP contribution in [-0.2, 0) is 22.5 Å². The molecule has 1 amide bonds. The highest BCUT2D eigenvalue weighted by Crippen LogP contribution is 2.33. The Morgan fingerprint density at radius 3 is 2.64 bits per heavy atom. The normalized spacial score (nSPS) is 20.1. The molecule has 2 saturated heterocycles. The summed E-state index contributed by atoms with van der Waals surface area (Å²) in [7, 11) is 3.79. The molecule has 5 rings (SSSR count). The zero-order valence-corrected chi connectivity index (χ0v) is 23.9. The first-order valence-electron chi connectivity index (χ1n) is 14.2. The highest BCUT2D eigenvalue weighted by molar-refractivity contribution is 5.87. The molecule has 4 heterocycles. The van der Waals surface area contributed by atoms with Gasteiger partial charge in [-0.05, 0) is 63.9 Å². The summed E-state index contributed by atoms with van der Waals surface area (Å²) in [5.41, 5.74) is 6.14. The van der Waals surface area contributed by atoms with Crippen LogP contribution in [-0.4, -0.2) is 98.4 Å². The molecule has 0 unspecified atom stereocenters. The maximum Gasteiger partial charge on any atom is 0.318 e. The molecule has 0 spiro atoms. The van der Waals surface area contributed by atoms with Gasteiger partial charge in [-0.15, -0.1) is 0 Å². The summed E-state index contributed by atoms with van der Waals surface area (Å²) >= 11 is 0. The third-order valence-electron chi connectivity index (χ3n) is 8.43. The molecule has 3 aliphatic rings. The Labute approximate surface area is 232 Å². The molecule has 9 heteroatoms. The van der Waals surface area contributed by atoms with Crippen LogP contribution in [0, 0.1) is 13.8 Å². The van der Waals surface area contributed by atoms with Crippen LogP contribution in [0.3, 0.4) is 0 Å². The number of aryl methyl sites for hydroxylation is 1. The number of hydrogen-bond donors (Lipinski definition) is 0. The number of carbonyl (C=O) groups excluding carboxylic acids is 1. The number of carbonyl (C=O) groups is 1. The van der Waals surface area contributed by atoms with E-state index in [1.54, 1.807) is 19.3 Å². The molecule has 1 atom stereocenters. The van der Waals surface area contributed by atoms with E-state index in [2.05, 4.69) is 53.8 Å². The van der Waals surface area contributed by atoms with Gasteiger partial charge in [0.2, 0.25) is 5.91 Å². The van der Waals surface area contributed by atoms with Gasteiger partial charge in [0.05, 0.1) is 18.8 Å². The molecule has 1 aromatic heterocycles. The standard InChI is InChI=1S/C30H42N6O3/c1-22-8-5-10-27(23(22)2)36-14-12-25-26(20-36)31-30(39-21-24-9-6-13-33(24)3)32-29(25)35-17-15-34(16-18-35)28(37)11-7-19-38-4/h5,7-8,10-11,24H,6,9,12-21H2,1-4H3/b11-7+/t24-/m0/s1. The molecular weight excluding hydrogens is 492 g/mol. The topological polar surface area (TPSA) is 74.3 Å². The van der Waals surface area contributed by atoms with Crippen molar-refractivity contribution in [3.8, 4) is 6.01 Å². The molecule has 0 N–H and O–H groups in total. The lowest BCUT2D eigenvalue weighted by atomic mass is 10.0. The van der Waals surface area contributed by atoms with E-state index in [4.69, 9.17) is 19.4 Å². The van der Waals surface area contributed by atoms with E-state index in [0.29, 0.717) is 38.4 Å². The fourth-order valence-electron chi connectivity index (χ4n) is 5.85. The largest absolute Gasteiger partial charge is 0.462 e. The summed E-state index contributed by atoms with van der Waals surface area (Å²) in [6.07, 6.45) is 6.60. The number of hydrogen-bond acceptors (Lipinski definition) is 8. The highest BCUT2D eigenvalue weighted by atomic mass is 16.5. The Bertz CT molecular complexity index is 1190. The van der Waals surface area contributed by atoms with Crippen LogP contribution in [0.4, 0.5) is 11.5 Å². The van der Waals surface area contributed by atoms with Gasteiger partial charge >= 0.3 is 6.01 Å². The van der Waals surface area contributed by atoms with Crippen LogP contribution in [0.2, 0.25) is 0 Å². The average molecular weight is 535 g/mol. The van der Waals surface area contributed by atoms with Crippen molar-refractivity contribution in [1.82, 2.24) is 19.8 Å². The van der Waals surface area contributed by atoms with Gasteiger partial charge in [0.15, 0.2) is 0 Å². The molecular formula is C30H42N6O3.